The Hall–Kier alpha value is -3.86. The lowest BCUT2D eigenvalue weighted by Crippen LogP contribution is -2.25. The standard InChI is InChI=1S/C23H23BrN6O4/c1-25-21(31)14-6-4-5-7-16(14)27-20-15(24)12-26-22(29-20)28-17-11-18-13(10-19(17)33-3)8-9-34-23(32)30(18)2/h4-7,10-12H,8-9H2,1-3H3,(H,25,31)(H2,26,27,28,29). The first-order valence-corrected chi connectivity index (χ1v) is 11.2. The third-order valence-electron chi connectivity index (χ3n) is 5.28. The van der Waals surface area contributed by atoms with Crippen LogP contribution in [0.15, 0.2) is 47.1 Å². The second-order valence-corrected chi connectivity index (χ2v) is 8.22. The Balaban J connectivity index is 1.67. The summed E-state index contributed by atoms with van der Waals surface area (Å²) in [6, 6.07) is 10.8. The number of aromatic nitrogens is 2. The number of anilines is 5. The zero-order chi connectivity index (χ0) is 24.2. The highest BCUT2D eigenvalue weighted by Gasteiger charge is 2.23. The first-order chi connectivity index (χ1) is 16.4. The summed E-state index contributed by atoms with van der Waals surface area (Å²) in [6.45, 7) is 0.300. The monoisotopic (exact) mass is 526 g/mol. The van der Waals surface area contributed by atoms with Gasteiger partial charge in [0.05, 0.1) is 40.8 Å². The normalized spacial score (nSPS) is 12.8. The Labute approximate surface area is 204 Å². The number of rotatable bonds is 6. The fourth-order valence-electron chi connectivity index (χ4n) is 3.52. The molecule has 2 heterocycles. The first-order valence-electron chi connectivity index (χ1n) is 10.4. The van der Waals surface area contributed by atoms with Crippen LogP contribution in [0.4, 0.5) is 33.6 Å². The Bertz CT molecular complexity index is 1250. The highest BCUT2D eigenvalue weighted by atomic mass is 79.9. The number of nitrogens with zero attached hydrogens (tertiary/aromatic N) is 3. The maximum atomic E-state index is 12.2. The fourth-order valence-corrected chi connectivity index (χ4v) is 3.81. The molecule has 0 atom stereocenters. The predicted octanol–water partition coefficient (Wildman–Crippen LogP) is 4.22. The van der Waals surface area contributed by atoms with Gasteiger partial charge in [-0.1, -0.05) is 12.1 Å². The van der Waals surface area contributed by atoms with Gasteiger partial charge in [0.2, 0.25) is 5.95 Å². The molecule has 0 fully saturated rings. The van der Waals surface area contributed by atoms with Gasteiger partial charge in [0.1, 0.15) is 11.6 Å². The van der Waals surface area contributed by atoms with Crippen molar-refractivity contribution < 1.29 is 19.1 Å². The number of nitrogens with one attached hydrogen (secondary N) is 3. The van der Waals surface area contributed by atoms with Gasteiger partial charge in [-0.2, -0.15) is 4.98 Å². The van der Waals surface area contributed by atoms with Crippen molar-refractivity contribution in [2.75, 3.05) is 43.3 Å². The molecule has 11 heteroatoms. The van der Waals surface area contributed by atoms with Crippen LogP contribution in [0.1, 0.15) is 15.9 Å². The minimum absolute atomic E-state index is 0.219. The number of benzene rings is 2. The van der Waals surface area contributed by atoms with E-state index < -0.39 is 6.09 Å². The Kier molecular flexibility index (Phi) is 6.82. The van der Waals surface area contributed by atoms with Crippen molar-refractivity contribution in [1.29, 1.82) is 0 Å². The van der Waals surface area contributed by atoms with Crippen molar-refractivity contribution in [1.82, 2.24) is 15.3 Å². The smallest absolute Gasteiger partial charge is 0.414 e. The quantitative estimate of drug-likeness (QED) is 0.436. The van der Waals surface area contributed by atoms with Crippen molar-refractivity contribution in [3.8, 4) is 5.75 Å². The third kappa shape index (κ3) is 4.74. The van der Waals surface area contributed by atoms with Crippen molar-refractivity contribution in [3.05, 3.63) is 58.2 Å². The molecule has 2 amide bonds. The van der Waals surface area contributed by atoms with E-state index in [1.165, 1.54) is 4.90 Å². The number of methoxy groups -OCH3 is 1. The number of fused-ring (bicyclic) bond motifs is 1. The molecule has 0 spiro atoms. The summed E-state index contributed by atoms with van der Waals surface area (Å²) in [5.74, 6) is 1.11. The summed E-state index contributed by atoms with van der Waals surface area (Å²) in [4.78, 5) is 34.7. The minimum Gasteiger partial charge on any atom is -0.495 e. The first kappa shape index (κ1) is 23.3. The SMILES string of the molecule is CNC(=O)c1ccccc1Nc1nc(Nc2cc3c(cc2OC)CCOC(=O)N3C)ncc1Br. The average molecular weight is 527 g/mol. The van der Waals surface area contributed by atoms with Crippen molar-refractivity contribution in [3.63, 3.8) is 0 Å². The van der Waals surface area contributed by atoms with Crippen LogP contribution in [0.3, 0.4) is 0 Å². The zero-order valence-corrected chi connectivity index (χ0v) is 20.4. The van der Waals surface area contributed by atoms with Gasteiger partial charge >= 0.3 is 6.09 Å². The van der Waals surface area contributed by atoms with Gasteiger partial charge in [-0.25, -0.2) is 9.78 Å². The second-order valence-electron chi connectivity index (χ2n) is 7.37. The van der Waals surface area contributed by atoms with E-state index >= 15 is 0 Å². The van der Waals surface area contributed by atoms with Gasteiger partial charge in [-0.05, 0) is 45.8 Å². The van der Waals surface area contributed by atoms with E-state index in [-0.39, 0.29) is 5.91 Å². The summed E-state index contributed by atoms with van der Waals surface area (Å²) >= 11 is 3.45. The average Bonchev–Trinajstić information content (AvgIpc) is 2.98. The lowest BCUT2D eigenvalue weighted by molar-refractivity contribution is 0.0964. The lowest BCUT2D eigenvalue weighted by atomic mass is 10.1. The van der Waals surface area contributed by atoms with E-state index in [1.54, 1.807) is 51.7 Å². The zero-order valence-electron chi connectivity index (χ0n) is 18.8. The molecule has 1 aliphatic rings. The van der Waals surface area contributed by atoms with Crippen LogP contribution in [0, 0.1) is 0 Å². The van der Waals surface area contributed by atoms with Crippen molar-refractivity contribution in [2.45, 2.75) is 6.42 Å². The summed E-state index contributed by atoms with van der Waals surface area (Å²) in [7, 11) is 4.80. The van der Waals surface area contributed by atoms with Gasteiger partial charge in [-0.3, -0.25) is 9.69 Å². The number of halogens is 1. The second kappa shape index (κ2) is 9.96. The molecule has 3 N–H and O–H groups in total. The number of ether oxygens (including phenoxy) is 2. The molecule has 0 radical (unpaired) electrons. The van der Waals surface area contributed by atoms with Crippen molar-refractivity contribution >= 4 is 56.8 Å². The third-order valence-corrected chi connectivity index (χ3v) is 5.86. The lowest BCUT2D eigenvalue weighted by Gasteiger charge is -2.19. The van der Waals surface area contributed by atoms with E-state index in [2.05, 4.69) is 41.8 Å². The molecule has 1 aromatic heterocycles. The number of para-hydroxylation sites is 1. The summed E-state index contributed by atoms with van der Waals surface area (Å²) < 4.78 is 11.4. The number of hydrogen-bond acceptors (Lipinski definition) is 8. The van der Waals surface area contributed by atoms with Gasteiger partial charge in [-0.15, -0.1) is 0 Å². The number of hydrogen-bond donors (Lipinski definition) is 3. The summed E-state index contributed by atoms with van der Waals surface area (Å²) in [6.07, 6.45) is 1.76. The molecule has 0 unspecified atom stereocenters. The molecular formula is C23H23BrN6O4. The molecule has 0 saturated heterocycles. The molecular weight excluding hydrogens is 504 g/mol. The molecule has 3 aromatic rings. The fraction of sp³-hybridized carbons (Fsp3) is 0.217. The van der Waals surface area contributed by atoms with Crippen LogP contribution in [0.5, 0.6) is 5.75 Å². The van der Waals surface area contributed by atoms with Crippen LogP contribution in [0.2, 0.25) is 0 Å². The largest absolute Gasteiger partial charge is 0.495 e. The van der Waals surface area contributed by atoms with E-state index in [0.29, 0.717) is 57.6 Å². The summed E-state index contributed by atoms with van der Waals surface area (Å²) in [5.41, 5.74) is 3.30. The predicted molar refractivity (Wildman–Crippen MR) is 133 cm³/mol. The Morgan fingerprint density at radius 2 is 2.00 bits per heavy atom. The van der Waals surface area contributed by atoms with Crippen LogP contribution in [-0.2, 0) is 11.2 Å². The highest BCUT2D eigenvalue weighted by molar-refractivity contribution is 9.10. The number of carbonyl (C=O) groups is 2. The highest BCUT2D eigenvalue weighted by Crippen LogP contribution is 2.36. The van der Waals surface area contributed by atoms with Crippen LogP contribution in [-0.4, -0.2) is 49.8 Å². The molecule has 1 aliphatic heterocycles. The molecule has 176 valence electrons. The van der Waals surface area contributed by atoms with E-state index in [1.807, 2.05) is 12.1 Å². The van der Waals surface area contributed by atoms with Crippen molar-refractivity contribution in [2.24, 2.45) is 0 Å². The summed E-state index contributed by atoms with van der Waals surface area (Å²) in [5, 5.41) is 8.98. The minimum atomic E-state index is -0.420. The molecule has 0 saturated carbocycles. The Morgan fingerprint density at radius 1 is 1.21 bits per heavy atom. The number of carbonyl (C=O) groups excluding carboxylic acids is 2. The molecule has 4 rings (SSSR count). The van der Waals surface area contributed by atoms with Crippen LogP contribution < -0.4 is 25.6 Å². The van der Waals surface area contributed by atoms with Gasteiger partial charge < -0.3 is 25.4 Å². The molecule has 34 heavy (non-hydrogen) atoms. The van der Waals surface area contributed by atoms with Crippen LogP contribution in [0.25, 0.3) is 0 Å². The van der Waals surface area contributed by atoms with Gasteiger partial charge in [0, 0.05) is 26.7 Å². The van der Waals surface area contributed by atoms with Gasteiger partial charge in [0.15, 0.2) is 0 Å². The molecule has 10 nitrogen and oxygen atoms in total. The van der Waals surface area contributed by atoms with Gasteiger partial charge in [0.25, 0.3) is 5.91 Å². The number of amides is 2. The van der Waals surface area contributed by atoms with E-state index in [4.69, 9.17) is 9.47 Å². The molecule has 2 aromatic carbocycles. The maximum absolute atomic E-state index is 12.2. The van der Waals surface area contributed by atoms with E-state index in [9.17, 15) is 9.59 Å². The van der Waals surface area contributed by atoms with E-state index in [0.717, 1.165) is 5.56 Å². The Morgan fingerprint density at radius 3 is 2.76 bits per heavy atom. The molecule has 0 aliphatic carbocycles. The number of cyclic esters (lactones) is 1. The topological polar surface area (TPSA) is 118 Å². The molecule has 0 bridgehead atoms. The van der Waals surface area contributed by atoms with Crippen LogP contribution >= 0.6 is 15.9 Å². The maximum Gasteiger partial charge on any atom is 0.414 e.